The van der Waals surface area contributed by atoms with Crippen molar-refractivity contribution in [3.8, 4) is 0 Å². The van der Waals surface area contributed by atoms with Gasteiger partial charge >= 0.3 is 0 Å². The zero-order valence-corrected chi connectivity index (χ0v) is 15.6. The van der Waals surface area contributed by atoms with Crippen LogP contribution in [0.3, 0.4) is 0 Å². The number of rotatable bonds is 4. The highest BCUT2D eigenvalue weighted by Gasteiger charge is 2.15. The Hall–Kier alpha value is -2.86. The largest absolute Gasteiger partial charge is 0.378 e. The average molecular weight is 365 g/mol. The summed E-state index contributed by atoms with van der Waals surface area (Å²) in [5, 5.41) is 7.92. The Morgan fingerprint density at radius 3 is 2.56 bits per heavy atom. The number of benzene rings is 2. The first-order chi connectivity index (χ1) is 13.1. The van der Waals surface area contributed by atoms with Crippen molar-refractivity contribution < 1.29 is 14.1 Å². The van der Waals surface area contributed by atoms with Crippen LogP contribution < -0.4 is 10.2 Å². The lowest BCUT2D eigenvalue weighted by molar-refractivity contribution is -0.115. The summed E-state index contributed by atoms with van der Waals surface area (Å²) in [5.41, 5.74) is 5.61. The van der Waals surface area contributed by atoms with Gasteiger partial charge in [0.05, 0.1) is 19.6 Å². The molecular formula is C21H23N3O3. The molecule has 27 heavy (non-hydrogen) atoms. The minimum absolute atomic E-state index is 0.109. The van der Waals surface area contributed by atoms with Gasteiger partial charge in [-0.05, 0) is 61.4 Å². The molecule has 4 rings (SSSR count). The highest BCUT2D eigenvalue weighted by Crippen LogP contribution is 2.24. The first-order valence-electron chi connectivity index (χ1n) is 9.18. The minimum atomic E-state index is -0.109. The summed E-state index contributed by atoms with van der Waals surface area (Å²) >= 11 is 0. The van der Waals surface area contributed by atoms with E-state index in [0.717, 1.165) is 59.8 Å². The van der Waals surface area contributed by atoms with Gasteiger partial charge in [-0.1, -0.05) is 5.16 Å². The van der Waals surface area contributed by atoms with Gasteiger partial charge in [0.25, 0.3) is 0 Å². The molecule has 2 heterocycles. The Bertz CT molecular complexity index is 957. The van der Waals surface area contributed by atoms with Crippen LogP contribution in [-0.4, -0.2) is 37.4 Å². The molecule has 1 aromatic heterocycles. The molecule has 140 valence electrons. The summed E-state index contributed by atoms with van der Waals surface area (Å²) in [6.45, 7) is 7.37. The average Bonchev–Trinajstić information content (AvgIpc) is 3.05. The van der Waals surface area contributed by atoms with E-state index in [1.807, 2.05) is 50.2 Å². The smallest absolute Gasteiger partial charge is 0.230 e. The lowest BCUT2D eigenvalue weighted by Gasteiger charge is -2.28. The van der Waals surface area contributed by atoms with Crippen molar-refractivity contribution >= 4 is 28.3 Å². The van der Waals surface area contributed by atoms with Crippen LogP contribution in [0.15, 0.2) is 40.9 Å². The maximum Gasteiger partial charge on any atom is 0.230 e. The number of nitrogens with one attached hydrogen (secondary N) is 1. The van der Waals surface area contributed by atoms with Gasteiger partial charge in [-0.25, -0.2) is 0 Å². The standard InChI is InChI=1S/C21H23N3O3/c1-14-11-18-19(23-27-20(18)12-15(14)2)13-21(25)22-16-3-5-17(6-4-16)24-7-9-26-10-8-24/h3-6,11-12H,7-10,13H2,1-2H3,(H,22,25). The second kappa shape index (κ2) is 7.40. The first kappa shape index (κ1) is 17.5. The van der Waals surface area contributed by atoms with Gasteiger partial charge in [0.2, 0.25) is 5.91 Å². The Kier molecular flexibility index (Phi) is 4.81. The summed E-state index contributed by atoms with van der Waals surface area (Å²) < 4.78 is 10.8. The Morgan fingerprint density at radius 2 is 1.81 bits per heavy atom. The van der Waals surface area contributed by atoms with E-state index in [-0.39, 0.29) is 12.3 Å². The molecule has 1 N–H and O–H groups in total. The maximum atomic E-state index is 12.4. The molecule has 1 aliphatic rings. The van der Waals surface area contributed by atoms with Crippen LogP contribution in [-0.2, 0) is 16.0 Å². The van der Waals surface area contributed by atoms with Crippen molar-refractivity contribution in [2.75, 3.05) is 36.5 Å². The summed E-state index contributed by atoms with van der Waals surface area (Å²) in [6.07, 6.45) is 0.181. The molecule has 0 atom stereocenters. The van der Waals surface area contributed by atoms with E-state index in [2.05, 4.69) is 15.4 Å². The molecular weight excluding hydrogens is 342 g/mol. The molecule has 1 fully saturated rings. The molecule has 3 aromatic rings. The third-order valence-corrected chi connectivity index (χ3v) is 5.02. The van der Waals surface area contributed by atoms with E-state index in [9.17, 15) is 4.79 Å². The predicted molar refractivity (Wildman–Crippen MR) is 105 cm³/mol. The zero-order chi connectivity index (χ0) is 18.8. The molecule has 1 saturated heterocycles. The van der Waals surface area contributed by atoms with E-state index >= 15 is 0 Å². The molecule has 0 radical (unpaired) electrons. The molecule has 1 amide bonds. The lowest BCUT2D eigenvalue weighted by Crippen LogP contribution is -2.36. The zero-order valence-electron chi connectivity index (χ0n) is 15.6. The van der Waals surface area contributed by atoms with Crippen molar-refractivity contribution in [3.63, 3.8) is 0 Å². The van der Waals surface area contributed by atoms with Crippen LogP contribution >= 0.6 is 0 Å². The van der Waals surface area contributed by atoms with Gasteiger partial charge < -0.3 is 19.5 Å². The number of morpholine rings is 1. The number of amides is 1. The number of aromatic nitrogens is 1. The van der Waals surface area contributed by atoms with E-state index in [4.69, 9.17) is 9.26 Å². The fourth-order valence-electron chi connectivity index (χ4n) is 3.31. The number of hydrogen-bond donors (Lipinski definition) is 1. The first-order valence-corrected chi connectivity index (χ1v) is 9.18. The summed E-state index contributed by atoms with van der Waals surface area (Å²) in [6, 6.07) is 11.9. The van der Waals surface area contributed by atoms with Gasteiger partial charge in [0.15, 0.2) is 5.58 Å². The van der Waals surface area contributed by atoms with Gasteiger partial charge in [0, 0.05) is 29.9 Å². The summed E-state index contributed by atoms with van der Waals surface area (Å²) in [5.74, 6) is -0.109. The third kappa shape index (κ3) is 3.80. The van der Waals surface area contributed by atoms with Crippen molar-refractivity contribution in [3.05, 3.63) is 53.2 Å². The quantitative estimate of drug-likeness (QED) is 0.767. The fraction of sp³-hybridized carbons (Fsp3) is 0.333. The number of hydrogen-bond acceptors (Lipinski definition) is 5. The van der Waals surface area contributed by atoms with Crippen LogP contribution in [0.4, 0.5) is 11.4 Å². The molecule has 6 heteroatoms. The number of aryl methyl sites for hydroxylation is 2. The van der Waals surface area contributed by atoms with Gasteiger partial charge in [-0.15, -0.1) is 0 Å². The van der Waals surface area contributed by atoms with Crippen LogP contribution in [0, 0.1) is 13.8 Å². The third-order valence-electron chi connectivity index (χ3n) is 5.02. The number of anilines is 2. The molecule has 0 unspecified atom stereocenters. The van der Waals surface area contributed by atoms with Crippen LogP contribution in [0.25, 0.3) is 11.0 Å². The Balaban J connectivity index is 1.43. The van der Waals surface area contributed by atoms with Crippen molar-refractivity contribution in [1.29, 1.82) is 0 Å². The molecule has 2 aromatic carbocycles. The number of carbonyl (C=O) groups excluding carboxylic acids is 1. The van der Waals surface area contributed by atoms with Crippen molar-refractivity contribution in [1.82, 2.24) is 5.16 Å². The number of carbonyl (C=O) groups is 1. The van der Waals surface area contributed by atoms with E-state index in [1.165, 1.54) is 0 Å². The molecule has 6 nitrogen and oxygen atoms in total. The van der Waals surface area contributed by atoms with Gasteiger partial charge in [-0.2, -0.15) is 0 Å². The fourth-order valence-corrected chi connectivity index (χ4v) is 3.31. The van der Waals surface area contributed by atoms with Crippen molar-refractivity contribution in [2.24, 2.45) is 0 Å². The van der Waals surface area contributed by atoms with Crippen molar-refractivity contribution in [2.45, 2.75) is 20.3 Å². The molecule has 1 aliphatic heterocycles. The Labute approximate surface area is 158 Å². The topological polar surface area (TPSA) is 67.6 Å². The van der Waals surface area contributed by atoms with E-state index < -0.39 is 0 Å². The monoisotopic (exact) mass is 365 g/mol. The van der Waals surface area contributed by atoms with Crippen LogP contribution in [0.5, 0.6) is 0 Å². The van der Waals surface area contributed by atoms with E-state index in [1.54, 1.807) is 0 Å². The normalized spacial score (nSPS) is 14.5. The number of nitrogens with zero attached hydrogens (tertiary/aromatic N) is 2. The van der Waals surface area contributed by atoms with Gasteiger partial charge in [-0.3, -0.25) is 4.79 Å². The van der Waals surface area contributed by atoms with E-state index in [0.29, 0.717) is 5.69 Å². The molecule has 0 aliphatic carbocycles. The number of ether oxygens (including phenoxy) is 1. The second-order valence-corrected chi connectivity index (χ2v) is 6.93. The molecule has 0 spiro atoms. The highest BCUT2D eigenvalue weighted by atomic mass is 16.5. The Morgan fingerprint density at radius 1 is 1.11 bits per heavy atom. The SMILES string of the molecule is Cc1cc2onc(CC(=O)Nc3ccc(N4CCOCC4)cc3)c2cc1C. The predicted octanol–water partition coefficient (Wildman–Crippen LogP) is 3.46. The molecule has 0 saturated carbocycles. The second-order valence-electron chi connectivity index (χ2n) is 6.93. The number of fused-ring (bicyclic) bond motifs is 1. The summed E-state index contributed by atoms with van der Waals surface area (Å²) in [4.78, 5) is 14.7. The highest BCUT2D eigenvalue weighted by molar-refractivity contribution is 5.95. The lowest BCUT2D eigenvalue weighted by atomic mass is 10.1. The van der Waals surface area contributed by atoms with Crippen LogP contribution in [0.1, 0.15) is 16.8 Å². The van der Waals surface area contributed by atoms with Gasteiger partial charge in [0.1, 0.15) is 5.69 Å². The van der Waals surface area contributed by atoms with Crippen LogP contribution in [0.2, 0.25) is 0 Å². The summed E-state index contributed by atoms with van der Waals surface area (Å²) in [7, 11) is 0. The molecule has 0 bridgehead atoms. The maximum absolute atomic E-state index is 12.4. The minimum Gasteiger partial charge on any atom is -0.378 e.